The number of nitro groups is 1. The number of methoxy groups -OCH3 is 1. The number of urea groups is 1. The predicted octanol–water partition coefficient (Wildman–Crippen LogP) is 5.06. The maximum atomic E-state index is 12.5. The third kappa shape index (κ3) is 9.32. The molecule has 4 N–H and O–H groups in total. The summed E-state index contributed by atoms with van der Waals surface area (Å²) in [5, 5.41) is 30.9. The number of rotatable bonds is 14. The summed E-state index contributed by atoms with van der Waals surface area (Å²) in [5.74, 6) is 0.613. The summed E-state index contributed by atoms with van der Waals surface area (Å²) < 4.78 is 24.1. The molecule has 2 amide bonds. The molecular formula is C31H31BrIN5O9. The summed E-state index contributed by atoms with van der Waals surface area (Å²) in [7, 11) is 1.26. The minimum absolute atomic E-state index is 0.00605. The largest absolute Gasteiger partial charge is 0.490 e. The van der Waals surface area contributed by atoms with E-state index in [1.807, 2.05) is 6.07 Å². The number of nitro benzene ring substituents is 1. The van der Waals surface area contributed by atoms with Crippen LogP contribution in [0.4, 0.5) is 10.5 Å². The van der Waals surface area contributed by atoms with Gasteiger partial charge in [-0.3, -0.25) is 15.5 Å². The van der Waals surface area contributed by atoms with Crippen LogP contribution < -0.4 is 30.3 Å². The van der Waals surface area contributed by atoms with Crippen LogP contribution in [0.15, 0.2) is 75.4 Å². The van der Waals surface area contributed by atoms with Crippen molar-refractivity contribution in [2.24, 2.45) is 5.10 Å². The second-order valence-corrected chi connectivity index (χ2v) is 12.0. The number of benzene rings is 3. The Hall–Kier alpha value is -4.42. The minimum atomic E-state index is -1.21. The fraction of sp³-hybridized carbons (Fsp3) is 0.258. The average molecular weight is 824 g/mol. The molecule has 3 aromatic carbocycles. The maximum Gasteiger partial charge on any atom is 0.337 e. The first-order chi connectivity index (χ1) is 22.5. The first kappa shape index (κ1) is 35.4. The second-order valence-electron chi connectivity index (χ2n) is 9.93. The van der Waals surface area contributed by atoms with Gasteiger partial charge in [0.15, 0.2) is 17.7 Å². The Kier molecular flexibility index (Phi) is 12.4. The number of esters is 1. The third-order valence-electron chi connectivity index (χ3n) is 6.67. The van der Waals surface area contributed by atoms with Gasteiger partial charge in [0.25, 0.3) is 5.69 Å². The van der Waals surface area contributed by atoms with E-state index in [4.69, 9.17) is 18.9 Å². The summed E-state index contributed by atoms with van der Waals surface area (Å²) in [6.07, 6.45) is 0.278. The van der Waals surface area contributed by atoms with Gasteiger partial charge in [-0.2, -0.15) is 5.10 Å². The molecule has 0 aliphatic carbocycles. The molecule has 0 saturated carbocycles. The highest BCUT2D eigenvalue weighted by Crippen LogP contribution is 2.35. The van der Waals surface area contributed by atoms with Gasteiger partial charge in [-0.1, -0.05) is 22.0 Å². The molecule has 47 heavy (non-hydrogen) atoms. The van der Waals surface area contributed by atoms with Crippen molar-refractivity contribution in [3.63, 3.8) is 0 Å². The molecule has 1 heterocycles. The van der Waals surface area contributed by atoms with E-state index in [9.17, 15) is 24.8 Å². The molecule has 3 aromatic rings. The molecule has 0 unspecified atom stereocenters. The van der Waals surface area contributed by atoms with Gasteiger partial charge in [0.2, 0.25) is 0 Å². The molecule has 2 atom stereocenters. The van der Waals surface area contributed by atoms with Crippen LogP contribution in [0.25, 0.3) is 0 Å². The van der Waals surface area contributed by atoms with Crippen LogP contribution in [-0.2, 0) is 16.1 Å². The van der Waals surface area contributed by atoms with Gasteiger partial charge in [-0.25, -0.2) is 9.59 Å². The third-order valence-corrected chi connectivity index (χ3v) is 7.93. The first-order valence-corrected chi connectivity index (χ1v) is 16.0. The number of hydrogen-bond donors (Lipinski definition) is 4. The molecule has 0 fully saturated rings. The van der Waals surface area contributed by atoms with Gasteiger partial charge in [0.05, 0.1) is 40.0 Å². The molecule has 1 aliphatic rings. The van der Waals surface area contributed by atoms with Gasteiger partial charge in [0.1, 0.15) is 19.0 Å². The summed E-state index contributed by atoms with van der Waals surface area (Å²) in [5.41, 5.74) is 5.16. The molecule has 248 valence electrons. The van der Waals surface area contributed by atoms with E-state index < -0.39 is 29.2 Å². The number of allylic oxidation sites excluding steroid dienone is 1. The lowest BCUT2D eigenvalue weighted by Crippen LogP contribution is -2.45. The maximum absolute atomic E-state index is 12.5. The monoisotopic (exact) mass is 823 g/mol. The van der Waals surface area contributed by atoms with Gasteiger partial charge < -0.3 is 34.7 Å². The average Bonchev–Trinajstić information content (AvgIpc) is 3.03. The van der Waals surface area contributed by atoms with Crippen molar-refractivity contribution < 1.29 is 38.6 Å². The second kappa shape index (κ2) is 16.4. The number of aliphatic hydroxyl groups excluding tert-OH is 1. The van der Waals surface area contributed by atoms with Crippen molar-refractivity contribution in [2.75, 3.05) is 20.3 Å². The highest BCUT2D eigenvalue weighted by molar-refractivity contribution is 14.1. The van der Waals surface area contributed by atoms with E-state index in [1.54, 1.807) is 50.2 Å². The number of aliphatic hydroxyl groups is 1. The lowest BCUT2D eigenvalue weighted by molar-refractivity contribution is -0.384. The summed E-state index contributed by atoms with van der Waals surface area (Å²) >= 11 is 5.60. The first-order valence-electron chi connectivity index (χ1n) is 14.1. The fourth-order valence-corrected chi connectivity index (χ4v) is 6.22. The quantitative estimate of drug-likeness (QED) is 0.0428. The molecular weight excluding hydrogens is 793 g/mol. The number of carbonyl (C=O) groups is 2. The van der Waals surface area contributed by atoms with Crippen LogP contribution in [0.5, 0.6) is 17.2 Å². The molecule has 0 spiro atoms. The Balaban J connectivity index is 1.42. The van der Waals surface area contributed by atoms with Gasteiger partial charge in [-0.15, -0.1) is 0 Å². The normalized spacial score (nSPS) is 15.0. The molecule has 0 bridgehead atoms. The summed E-state index contributed by atoms with van der Waals surface area (Å²) in [4.78, 5) is 35.1. The Morgan fingerprint density at radius 1 is 1.17 bits per heavy atom. The summed E-state index contributed by atoms with van der Waals surface area (Å²) in [6, 6.07) is 13.4. The number of amides is 2. The Labute approximate surface area is 291 Å². The van der Waals surface area contributed by atoms with Gasteiger partial charge in [-0.05, 0) is 84.0 Å². The smallest absolute Gasteiger partial charge is 0.337 e. The highest BCUT2D eigenvalue weighted by Gasteiger charge is 2.32. The standard InChI is InChI=1S/C31H31BrIN5O9/c1-4-45-25-12-19(28-27(30(40)44-3)17(2)35-31(41)36-28)7-10-24(25)46-16-26(39)37-34-14-20-11-21(32)13-23(33)29(20)47-15-18-5-8-22(9-6-18)38(42)43/h5-14,26,28,37,39H,4,15-16H2,1-3H3,(H2,35,36,41)/b34-14+/t26-,28-/m1/s1. The van der Waals surface area contributed by atoms with Crippen LogP contribution in [0.3, 0.4) is 0 Å². The highest BCUT2D eigenvalue weighted by atomic mass is 127. The van der Waals surface area contributed by atoms with E-state index in [2.05, 4.69) is 59.7 Å². The van der Waals surface area contributed by atoms with Crippen LogP contribution in [-0.4, -0.2) is 54.8 Å². The lowest BCUT2D eigenvalue weighted by atomic mass is 9.95. The number of hydrogen-bond acceptors (Lipinski definition) is 11. The predicted molar refractivity (Wildman–Crippen MR) is 183 cm³/mol. The molecule has 4 rings (SSSR count). The zero-order valence-corrected chi connectivity index (χ0v) is 29.2. The van der Waals surface area contributed by atoms with E-state index in [0.717, 1.165) is 13.6 Å². The zero-order chi connectivity index (χ0) is 34.1. The van der Waals surface area contributed by atoms with Crippen molar-refractivity contribution in [3.05, 3.63) is 101 Å². The summed E-state index contributed by atoms with van der Waals surface area (Å²) in [6.45, 7) is 3.69. The molecule has 16 heteroatoms. The number of carbonyl (C=O) groups excluding carboxylic acids is 2. The zero-order valence-electron chi connectivity index (χ0n) is 25.4. The Bertz CT molecular complexity index is 1700. The van der Waals surface area contributed by atoms with Crippen molar-refractivity contribution in [1.82, 2.24) is 16.1 Å². The lowest BCUT2D eigenvalue weighted by Gasteiger charge is -2.28. The van der Waals surface area contributed by atoms with Crippen LogP contribution in [0, 0.1) is 13.7 Å². The fourth-order valence-electron chi connectivity index (χ4n) is 4.51. The van der Waals surface area contributed by atoms with E-state index >= 15 is 0 Å². The van der Waals surface area contributed by atoms with Crippen LogP contribution in [0.2, 0.25) is 0 Å². The number of ether oxygens (including phenoxy) is 4. The van der Waals surface area contributed by atoms with Crippen molar-refractivity contribution in [3.8, 4) is 17.2 Å². The van der Waals surface area contributed by atoms with Crippen molar-refractivity contribution in [2.45, 2.75) is 32.7 Å². The van der Waals surface area contributed by atoms with E-state index in [1.165, 1.54) is 25.5 Å². The van der Waals surface area contributed by atoms with Crippen molar-refractivity contribution in [1.29, 1.82) is 0 Å². The molecule has 14 nitrogen and oxygen atoms in total. The molecule has 1 aliphatic heterocycles. The number of hydrazone groups is 1. The number of nitrogens with zero attached hydrogens (tertiary/aromatic N) is 2. The Morgan fingerprint density at radius 3 is 2.60 bits per heavy atom. The van der Waals surface area contributed by atoms with E-state index in [0.29, 0.717) is 40.7 Å². The van der Waals surface area contributed by atoms with E-state index in [-0.39, 0.29) is 24.5 Å². The molecule has 0 radical (unpaired) electrons. The van der Waals surface area contributed by atoms with Gasteiger partial charge in [0, 0.05) is 27.9 Å². The minimum Gasteiger partial charge on any atom is -0.490 e. The van der Waals surface area contributed by atoms with Crippen LogP contribution in [0.1, 0.15) is 36.6 Å². The number of non-ortho nitro benzene ring substituents is 1. The Morgan fingerprint density at radius 2 is 1.91 bits per heavy atom. The van der Waals surface area contributed by atoms with Gasteiger partial charge >= 0.3 is 12.0 Å². The number of halogens is 2. The number of nitrogens with one attached hydrogen (secondary N) is 3. The molecule has 0 aromatic heterocycles. The molecule has 0 saturated heterocycles. The van der Waals surface area contributed by atoms with Crippen LogP contribution >= 0.6 is 38.5 Å². The van der Waals surface area contributed by atoms with Crippen molar-refractivity contribution >= 4 is 62.4 Å². The topological polar surface area (TPSA) is 183 Å². The SMILES string of the molecule is CCOc1cc([C@H]2NC(=O)NC(C)=C2C(=O)OC)ccc1OC[C@@H](O)N/N=C/c1cc(Br)cc(I)c1OCc1ccc([N+](=O)[O-])cc1.